The number of nitrogens with zero attached hydrogens (tertiary/aromatic N) is 3. The molecule has 0 spiro atoms. The van der Waals surface area contributed by atoms with Gasteiger partial charge in [0.1, 0.15) is 11.6 Å². The monoisotopic (exact) mass is 325 g/mol. The van der Waals surface area contributed by atoms with Gasteiger partial charge in [0.25, 0.3) is 0 Å². The van der Waals surface area contributed by atoms with Gasteiger partial charge in [-0.2, -0.15) is 0 Å². The highest BCUT2D eigenvalue weighted by molar-refractivity contribution is 7.99. The van der Waals surface area contributed by atoms with Gasteiger partial charge in [0, 0.05) is 7.05 Å². The lowest BCUT2D eigenvalue weighted by Gasteiger charge is -2.14. The van der Waals surface area contributed by atoms with Crippen LogP contribution in [0.5, 0.6) is 5.75 Å². The molecule has 0 radical (unpaired) electrons. The van der Waals surface area contributed by atoms with E-state index in [-0.39, 0.29) is 23.6 Å². The standard InChI is InChI=1S/C14H16FN3O3S/c1-9(21-11-6-4-10(15)5-7-11)13-16-17-14(18(13)2)22-8-12(19)20-3/h4-7,9H,8H2,1-3H3. The molecule has 2 rings (SSSR count). The van der Waals surface area contributed by atoms with Crippen LogP contribution in [0.2, 0.25) is 0 Å². The Morgan fingerprint density at radius 1 is 1.36 bits per heavy atom. The highest BCUT2D eigenvalue weighted by atomic mass is 32.2. The van der Waals surface area contributed by atoms with Gasteiger partial charge in [0.05, 0.1) is 12.9 Å². The van der Waals surface area contributed by atoms with E-state index in [2.05, 4.69) is 14.9 Å². The van der Waals surface area contributed by atoms with Gasteiger partial charge < -0.3 is 14.0 Å². The predicted octanol–water partition coefficient (Wildman–Crippen LogP) is 2.36. The fraction of sp³-hybridized carbons (Fsp3) is 0.357. The summed E-state index contributed by atoms with van der Waals surface area (Å²) in [6.45, 7) is 1.82. The van der Waals surface area contributed by atoms with Crippen molar-refractivity contribution < 1.29 is 18.7 Å². The van der Waals surface area contributed by atoms with Crippen molar-refractivity contribution in [2.45, 2.75) is 18.2 Å². The van der Waals surface area contributed by atoms with Gasteiger partial charge in [-0.15, -0.1) is 10.2 Å². The minimum Gasteiger partial charge on any atom is -0.483 e. The molecule has 0 aliphatic carbocycles. The van der Waals surface area contributed by atoms with Crippen LogP contribution in [0.3, 0.4) is 0 Å². The molecule has 0 saturated heterocycles. The average Bonchev–Trinajstić information content (AvgIpc) is 2.88. The smallest absolute Gasteiger partial charge is 0.316 e. The quantitative estimate of drug-likeness (QED) is 0.600. The molecule has 1 heterocycles. The number of thioether (sulfide) groups is 1. The molecule has 0 aliphatic heterocycles. The first-order chi connectivity index (χ1) is 10.5. The number of carbonyl (C=O) groups excluding carboxylic acids is 1. The lowest BCUT2D eigenvalue weighted by atomic mass is 10.3. The molecule has 0 bridgehead atoms. The van der Waals surface area contributed by atoms with Gasteiger partial charge in [-0.3, -0.25) is 4.79 Å². The van der Waals surface area contributed by atoms with Crippen molar-refractivity contribution in [2.75, 3.05) is 12.9 Å². The van der Waals surface area contributed by atoms with Crippen LogP contribution in [-0.2, 0) is 16.6 Å². The van der Waals surface area contributed by atoms with Crippen LogP contribution in [0.15, 0.2) is 29.4 Å². The summed E-state index contributed by atoms with van der Waals surface area (Å²) in [5.74, 6) is 0.665. The van der Waals surface area contributed by atoms with Crippen molar-refractivity contribution >= 4 is 17.7 Å². The number of hydrogen-bond acceptors (Lipinski definition) is 6. The van der Waals surface area contributed by atoms with Gasteiger partial charge in [-0.25, -0.2) is 4.39 Å². The van der Waals surface area contributed by atoms with Crippen LogP contribution in [0.1, 0.15) is 18.9 Å². The van der Waals surface area contributed by atoms with E-state index in [9.17, 15) is 9.18 Å². The van der Waals surface area contributed by atoms with Crippen molar-refractivity contribution in [3.63, 3.8) is 0 Å². The third-order valence-corrected chi connectivity index (χ3v) is 3.90. The molecule has 0 amide bonds. The molecule has 0 fully saturated rings. The van der Waals surface area contributed by atoms with E-state index in [1.165, 1.54) is 31.0 Å². The first-order valence-corrected chi connectivity index (χ1v) is 7.51. The molecule has 22 heavy (non-hydrogen) atoms. The van der Waals surface area contributed by atoms with Crippen molar-refractivity contribution in [1.82, 2.24) is 14.8 Å². The van der Waals surface area contributed by atoms with Crippen LogP contribution < -0.4 is 4.74 Å². The number of aromatic nitrogens is 3. The first kappa shape index (κ1) is 16.3. The molecule has 0 N–H and O–H groups in total. The number of hydrogen-bond donors (Lipinski definition) is 0. The predicted molar refractivity (Wildman–Crippen MR) is 79.2 cm³/mol. The number of rotatable bonds is 6. The number of carbonyl (C=O) groups is 1. The Hall–Kier alpha value is -2.09. The van der Waals surface area contributed by atoms with E-state index < -0.39 is 0 Å². The Morgan fingerprint density at radius 2 is 2.05 bits per heavy atom. The zero-order valence-electron chi connectivity index (χ0n) is 12.4. The fourth-order valence-corrected chi connectivity index (χ4v) is 2.51. The second-order valence-electron chi connectivity index (χ2n) is 4.48. The van der Waals surface area contributed by atoms with Crippen LogP contribution in [-0.4, -0.2) is 33.6 Å². The summed E-state index contributed by atoms with van der Waals surface area (Å²) in [5.41, 5.74) is 0. The zero-order valence-corrected chi connectivity index (χ0v) is 13.3. The average molecular weight is 325 g/mol. The normalized spacial score (nSPS) is 12.0. The molecule has 1 atom stereocenters. The SMILES string of the molecule is COC(=O)CSc1nnc(C(C)Oc2ccc(F)cc2)n1C. The summed E-state index contributed by atoms with van der Waals surface area (Å²) in [6.07, 6.45) is -0.365. The van der Waals surface area contributed by atoms with E-state index in [0.29, 0.717) is 16.7 Å². The van der Waals surface area contributed by atoms with Crippen LogP contribution in [0.25, 0.3) is 0 Å². The van der Waals surface area contributed by atoms with Gasteiger partial charge >= 0.3 is 5.97 Å². The Kier molecular flexibility index (Phi) is 5.37. The summed E-state index contributed by atoms with van der Waals surface area (Å²) in [5, 5.41) is 8.69. The van der Waals surface area contributed by atoms with Crippen molar-refractivity contribution in [3.05, 3.63) is 35.9 Å². The van der Waals surface area contributed by atoms with Gasteiger partial charge in [-0.05, 0) is 31.2 Å². The van der Waals surface area contributed by atoms with Crippen LogP contribution in [0.4, 0.5) is 4.39 Å². The third kappa shape index (κ3) is 3.97. The topological polar surface area (TPSA) is 66.2 Å². The number of benzene rings is 1. The minimum atomic E-state index is -0.365. The highest BCUT2D eigenvalue weighted by Gasteiger charge is 2.18. The van der Waals surface area contributed by atoms with E-state index in [4.69, 9.17) is 4.74 Å². The Bertz CT molecular complexity index is 645. The second-order valence-corrected chi connectivity index (χ2v) is 5.42. The second kappa shape index (κ2) is 7.26. The largest absolute Gasteiger partial charge is 0.483 e. The molecule has 118 valence electrons. The first-order valence-electron chi connectivity index (χ1n) is 6.52. The zero-order chi connectivity index (χ0) is 16.1. The molecule has 1 aromatic heterocycles. The molecule has 0 aliphatic rings. The maximum atomic E-state index is 12.9. The van der Waals surface area contributed by atoms with Crippen molar-refractivity contribution in [2.24, 2.45) is 7.05 Å². The molecular weight excluding hydrogens is 309 g/mol. The maximum Gasteiger partial charge on any atom is 0.316 e. The molecule has 1 aromatic carbocycles. The van der Waals surface area contributed by atoms with Crippen molar-refractivity contribution in [1.29, 1.82) is 0 Å². The van der Waals surface area contributed by atoms with E-state index in [1.54, 1.807) is 23.7 Å². The lowest BCUT2D eigenvalue weighted by molar-refractivity contribution is -0.137. The van der Waals surface area contributed by atoms with E-state index in [0.717, 1.165) is 0 Å². The Morgan fingerprint density at radius 3 is 2.68 bits per heavy atom. The number of esters is 1. The van der Waals surface area contributed by atoms with E-state index >= 15 is 0 Å². The molecular formula is C14H16FN3O3S. The summed E-state index contributed by atoms with van der Waals surface area (Å²) < 4.78 is 24.9. The summed E-state index contributed by atoms with van der Waals surface area (Å²) in [4.78, 5) is 11.1. The fourth-order valence-electron chi connectivity index (χ4n) is 1.76. The Labute approximate surface area is 131 Å². The maximum absolute atomic E-state index is 12.9. The molecule has 2 aromatic rings. The minimum absolute atomic E-state index is 0.162. The molecule has 8 heteroatoms. The summed E-state index contributed by atoms with van der Waals surface area (Å²) in [7, 11) is 3.13. The van der Waals surface area contributed by atoms with Crippen LogP contribution >= 0.6 is 11.8 Å². The van der Waals surface area contributed by atoms with Gasteiger partial charge in [0.2, 0.25) is 0 Å². The summed E-state index contributed by atoms with van der Waals surface area (Å²) >= 11 is 1.24. The van der Waals surface area contributed by atoms with Gasteiger partial charge in [-0.1, -0.05) is 11.8 Å². The lowest BCUT2D eigenvalue weighted by Crippen LogP contribution is -2.10. The highest BCUT2D eigenvalue weighted by Crippen LogP contribution is 2.23. The van der Waals surface area contributed by atoms with Crippen LogP contribution in [0, 0.1) is 5.82 Å². The molecule has 1 unspecified atom stereocenters. The third-order valence-electron chi connectivity index (χ3n) is 2.91. The molecule has 6 nitrogen and oxygen atoms in total. The summed E-state index contributed by atoms with van der Waals surface area (Å²) in [6, 6.07) is 5.76. The van der Waals surface area contributed by atoms with Crippen molar-refractivity contribution in [3.8, 4) is 5.75 Å². The number of halogens is 1. The number of ether oxygens (including phenoxy) is 2. The Balaban J connectivity index is 2.04. The molecule has 0 saturated carbocycles. The number of methoxy groups -OCH3 is 1. The van der Waals surface area contributed by atoms with Gasteiger partial charge in [0.15, 0.2) is 17.1 Å². The van der Waals surface area contributed by atoms with E-state index in [1.807, 2.05) is 6.92 Å².